The number of rotatable bonds is 1. The fourth-order valence-corrected chi connectivity index (χ4v) is 1.16. The highest BCUT2D eigenvalue weighted by molar-refractivity contribution is 5.95. The molecule has 0 aliphatic rings. The standard InChI is InChI=1S/C10H8O2.C2HF3O2/c1-7(11)10-6-8-4-2-3-5-9(8)12-10;3-2(4,5)1(6)7/h2-6H,1H3;(H,6,7). The lowest BCUT2D eigenvalue weighted by atomic mass is 10.2. The van der Waals surface area contributed by atoms with E-state index in [1.807, 2.05) is 24.3 Å². The number of para-hydroxylation sites is 1. The van der Waals surface area contributed by atoms with Crippen molar-refractivity contribution < 1.29 is 32.3 Å². The lowest BCUT2D eigenvalue weighted by molar-refractivity contribution is -0.192. The van der Waals surface area contributed by atoms with Crippen molar-refractivity contribution in [2.45, 2.75) is 13.1 Å². The highest BCUT2D eigenvalue weighted by Crippen LogP contribution is 2.18. The van der Waals surface area contributed by atoms with Gasteiger partial charge in [-0.05, 0) is 12.1 Å². The zero-order chi connectivity index (χ0) is 14.6. The maximum Gasteiger partial charge on any atom is 0.490 e. The van der Waals surface area contributed by atoms with E-state index in [-0.39, 0.29) is 5.78 Å². The second-order valence-electron chi connectivity index (χ2n) is 3.51. The monoisotopic (exact) mass is 274 g/mol. The molecule has 2 rings (SSSR count). The number of fused-ring (bicyclic) bond motifs is 1. The molecule has 2 aromatic rings. The quantitative estimate of drug-likeness (QED) is 0.810. The van der Waals surface area contributed by atoms with Gasteiger partial charge in [0.1, 0.15) is 5.58 Å². The van der Waals surface area contributed by atoms with Crippen molar-refractivity contribution in [3.05, 3.63) is 36.1 Å². The summed E-state index contributed by atoms with van der Waals surface area (Å²) in [5, 5.41) is 8.10. The number of hydrogen-bond acceptors (Lipinski definition) is 3. The summed E-state index contributed by atoms with van der Waals surface area (Å²) < 4.78 is 37.0. The smallest absolute Gasteiger partial charge is 0.475 e. The maximum atomic E-state index is 10.9. The fourth-order valence-electron chi connectivity index (χ4n) is 1.16. The van der Waals surface area contributed by atoms with Gasteiger partial charge in [0.25, 0.3) is 0 Å². The average molecular weight is 274 g/mol. The van der Waals surface area contributed by atoms with Gasteiger partial charge in [0.2, 0.25) is 0 Å². The summed E-state index contributed by atoms with van der Waals surface area (Å²) in [6, 6.07) is 9.34. The predicted octanol–water partition coefficient (Wildman–Crippen LogP) is 3.27. The lowest BCUT2D eigenvalue weighted by Gasteiger charge is -1.93. The molecule has 0 fully saturated rings. The van der Waals surface area contributed by atoms with E-state index in [0.29, 0.717) is 5.76 Å². The van der Waals surface area contributed by atoms with Crippen molar-refractivity contribution in [1.82, 2.24) is 0 Å². The van der Waals surface area contributed by atoms with E-state index in [1.54, 1.807) is 6.07 Å². The van der Waals surface area contributed by atoms with Crippen LogP contribution in [0.4, 0.5) is 13.2 Å². The maximum absolute atomic E-state index is 10.9. The van der Waals surface area contributed by atoms with Gasteiger partial charge in [-0.25, -0.2) is 4.79 Å². The zero-order valence-corrected chi connectivity index (χ0v) is 9.69. The molecule has 1 heterocycles. The molecule has 0 spiro atoms. The van der Waals surface area contributed by atoms with Crippen molar-refractivity contribution in [3.63, 3.8) is 0 Å². The molecular formula is C12H9F3O4. The van der Waals surface area contributed by atoms with Gasteiger partial charge in [0.05, 0.1) is 0 Å². The van der Waals surface area contributed by atoms with Gasteiger partial charge in [-0.15, -0.1) is 0 Å². The van der Waals surface area contributed by atoms with Crippen LogP contribution < -0.4 is 0 Å². The lowest BCUT2D eigenvalue weighted by Crippen LogP contribution is -2.21. The Morgan fingerprint density at radius 3 is 2.16 bits per heavy atom. The van der Waals surface area contributed by atoms with Gasteiger partial charge in [0.15, 0.2) is 11.5 Å². The molecule has 0 atom stereocenters. The number of hydrogen-bond donors (Lipinski definition) is 1. The number of carbonyl (C=O) groups excluding carboxylic acids is 1. The Morgan fingerprint density at radius 1 is 1.21 bits per heavy atom. The van der Waals surface area contributed by atoms with Crippen LogP contribution in [-0.2, 0) is 4.79 Å². The van der Waals surface area contributed by atoms with Gasteiger partial charge >= 0.3 is 12.1 Å². The summed E-state index contributed by atoms with van der Waals surface area (Å²) >= 11 is 0. The summed E-state index contributed by atoms with van der Waals surface area (Å²) in [5.74, 6) is -2.37. The van der Waals surface area contributed by atoms with Crippen LogP contribution in [0.2, 0.25) is 0 Å². The van der Waals surface area contributed by atoms with Crippen molar-refractivity contribution in [3.8, 4) is 0 Å². The highest BCUT2D eigenvalue weighted by atomic mass is 19.4. The Hall–Kier alpha value is -2.31. The van der Waals surface area contributed by atoms with E-state index >= 15 is 0 Å². The van der Waals surface area contributed by atoms with Gasteiger partial charge in [0, 0.05) is 12.3 Å². The normalized spacial score (nSPS) is 10.7. The van der Waals surface area contributed by atoms with Gasteiger partial charge in [-0.1, -0.05) is 18.2 Å². The van der Waals surface area contributed by atoms with Crippen molar-refractivity contribution in [1.29, 1.82) is 0 Å². The molecule has 0 amide bonds. The molecule has 19 heavy (non-hydrogen) atoms. The molecule has 0 aliphatic heterocycles. The summed E-state index contributed by atoms with van der Waals surface area (Å²) in [4.78, 5) is 19.8. The Balaban J connectivity index is 0.000000224. The molecule has 1 N–H and O–H groups in total. The fraction of sp³-hybridized carbons (Fsp3) is 0.167. The Labute approximate surface area is 105 Å². The predicted molar refractivity (Wildman–Crippen MR) is 59.9 cm³/mol. The van der Waals surface area contributed by atoms with Crippen LogP contribution in [-0.4, -0.2) is 23.0 Å². The third kappa shape index (κ3) is 4.13. The first kappa shape index (κ1) is 14.7. The van der Waals surface area contributed by atoms with Crippen molar-refractivity contribution in [2.75, 3.05) is 0 Å². The first-order chi connectivity index (χ1) is 8.71. The van der Waals surface area contributed by atoms with E-state index in [4.69, 9.17) is 14.3 Å². The molecule has 0 saturated heterocycles. The summed E-state index contributed by atoms with van der Waals surface area (Å²) in [6.07, 6.45) is -5.08. The molecule has 0 saturated carbocycles. The third-order valence-corrected chi connectivity index (χ3v) is 2.02. The first-order valence-electron chi connectivity index (χ1n) is 5.01. The molecule has 0 unspecified atom stereocenters. The number of carboxylic acids is 1. The molecule has 4 nitrogen and oxygen atoms in total. The number of carbonyl (C=O) groups is 2. The average Bonchev–Trinajstić information content (AvgIpc) is 2.72. The third-order valence-electron chi connectivity index (χ3n) is 2.02. The minimum absolute atomic E-state index is 0.0359. The number of aliphatic carboxylic acids is 1. The number of ketones is 1. The number of carboxylic acid groups (broad SMARTS) is 1. The first-order valence-corrected chi connectivity index (χ1v) is 5.01. The minimum atomic E-state index is -5.08. The molecule has 0 bridgehead atoms. The molecule has 1 aromatic carbocycles. The molecule has 0 aliphatic carbocycles. The van der Waals surface area contributed by atoms with Crippen LogP contribution in [0, 0.1) is 0 Å². The number of Topliss-reactive ketones (excluding diaryl/α,β-unsaturated/α-hetero) is 1. The van der Waals surface area contributed by atoms with Crippen molar-refractivity contribution >= 4 is 22.7 Å². The number of furan rings is 1. The molecule has 102 valence electrons. The van der Waals surface area contributed by atoms with Crippen LogP contribution in [0.5, 0.6) is 0 Å². The van der Waals surface area contributed by atoms with Gasteiger partial charge in [-0.3, -0.25) is 4.79 Å². The largest absolute Gasteiger partial charge is 0.490 e. The Bertz CT molecular complexity index is 565. The van der Waals surface area contributed by atoms with Gasteiger partial charge < -0.3 is 9.52 Å². The van der Waals surface area contributed by atoms with E-state index in [9.17, 15) is 18.0 Å². The minimum Gasteiger partial charge on any atom is -0.475 e. The number of alkyl halides is 3. The van der Waals surface area contributed by atoms with Crippen LogP contribution in [0.15, 0.2) is 34.7 Å². The topological polar surface area (TPSA) is 67.5 Å². The summed E-state index contributed by atoms with van der Waals surface area (Å²) in [7, 11) is 0. The zero-order valence-electron chi connectivity index (χ0n) is 9.69. The Kier molecular flexibility index (Phi) is 4.31. The van der Waals surface area contributed by atoms with Crippen LogP contribution >= 0.6 is 0 Å². The summed E-state index contributed by atoms with van der Waals surface area (Å²) in [6.45, 7) is 1.50. The molecule has 0 radical (unpaired) electrons. The van der Waals surface area contributed by atoms with E-state index in [0.717, 1.165) is 11.0 Å². The van der Waals surface area contributed by atoms with Crippen LogP contribution in [0.1, 0.15) is 17.5 Å². The Morgan fingerprint density at radius 2 is 1.74 bits per heavy atom. The van der Waals surface area contributed by atoms with Crippen LogP contribution in [0.3, 0.4) is 0 Å². The molecular weight excluding hydrogens is 265 g/mol. The second-order valence-corrected chi connectivity index (χ2v) is 3.51. The highest BCUT2D eigenvalue weighted by Gasteiger charge is 2.38. The van der Waals surface area contributed by atoms with Crippen LogP contribution in [0.25, 0.3) is 11.0 Å². The second kappa shape index (κ2) is 5.55. The number of benzene rings is 1. The van der Waals surface area contributed by atoms with Gasteiger partial charge in [-0.2, -0.15) is 13.2 Å². The van der Waals surface area contributed by atoms with E-state index in [1.165, 1.54) is 6.92 Å². The molecule has 7 heteroatoms. The summed E-state index contributed by atoms with van der Waals surface area (Å²) in [5.41, 5.74) is 0.766. The molecule has 1 aromatic heterocycles. The van der Waals surface area contributed by atoms with Crippen molar-refractivity contribution in [2.24, 2.45) is 0 Å². The van der Waals surface area contributed by atoms with E-state index < -0.39 is 12.1 Å². The number of halogens is 3. The SMILES string of the molecule is CC(=O)c1cc2ccccc2o1.O=C(O)C(F)(F)F. The van der Waals surface area contributed by atoms with E-state index in [2.05, 4.69) is 0 Å².